The van der Waals surface area contributed by atoms with E-state index in [1.165, 1.54) is 49.7 Å². The van der Waals surface area contributed by atoms with Gasteiger partial charge in [-0.2, -0.15) is 0 Å². The Morgan fingerprint density at radius 1 is 0.821 bits per heavy atom. The molecule has 3 aromatic carbocycles. The lowest BCUT2D eigenvalue weighted by atomic mass is 9.70. The van der Waals surface area contributed by atoms with Crippen molar-refractivity contribution in [2.45, 2.75) is 11.8 Å². The lowest BCUT2D eigenvalue weighted by Crippen LogP contribution is -2.24. The molecule has 2 aliphatic carbocycles. The van der Waals surface area contributed by atoms with Crippen LogP contribution in [0.3, 0.4) is 0 Å². The summed E-state index contributed by atoms with van der Waals surface area (Å²) in [5, 5.41) is 3.88. The highest BCUT2D eigenvalue weighted by Gasteiger charge is 2.42. The number of nitrogens with zero attached hydrogens (tertiary/aromatic N) is 1. The van der Waals surface area contributed by atoms with Crippen LogP contribution in [0.25, 0.3) is 38.4 Å². The van der Waals surface area contributed by atoms with E-state index in [0.29, 0.717) is 11.8 Å². The monoisotopic (exact) mass is 356 g/mol. The molecule has 0 aliphatic heterocycles. The molecule has 130 valence electrons. The molecule has 0 saturated carbocycles. The first-order valence-electron chi connectivity index (χ1n) is 9.72. The molecule has 2 aromatic heterocycles. The highest BCUT2D eigenvalue weighted by Crippen LogP contribution is 2.54. The van der Waals surface area contributed by atoms with E-state index in [4.69, 9.17) is 0 Å². The number of para-hydroxylation sites is 2. The van der Waals surface area contributed by atoms with E-state index in [9.17, 15) is 0 Å². The SMILES string of the molecule is C1#C[C@H]2c3c(n(-c4ccccc4)c4cc5c(cc34)[nH]c3ccccc35)C2C=C1. The van der Waals surface area contributed by atoms with E-state index in [-0.39, 0.29) is 0 Å². The van der Waals surface area contributed by atoms with E-state index in [1.54, 1.807) is 0 Å². The van der Waals surface area contributed by atoms with Crippen LogP contribution >= 0.6 is 0 Å². The van der Waals surface area contributed by atoms with Crippen LogP contribution in [0.2, 0.25) is 0 Å². The quantitative estimate of drug-likeness (QED) is 0.355. The fourth-order valence-corrected chi connectivity index (χ4v) is 5.08. The van der Waals surface area contributed by atoms with E-state index in [1.807, 2.05) is 6.08 Å². The Morgan fingerprint density at radius 3 is 2.61 bits per heavy atom. The molecule has 7 rings (SSSR count). The largest absolute Gasteiger partial charge is 0.354 e. The second kappa shape index (κ2) is 4.97. The molecule has 28 heavy (non-hydrogen) atoms. The zero-order valence-electron chi connectivity index (χ0n) is 15.1. The number of H-pyrrole nitrogens is 1. The zero-order valence-corrected chi connectivity index (χ0v) is 15.1. The predicted molar refractivity (Wildman–Crippen MR) is 115 cm³/mol. The Bertz CT molecular complexity index is 1520. The van der Waals surface area contributed by atoms with Crippen molar-refractivity contribution in [2.75, 3.05) is 0 Å². The van der Waals surface area contributed by atoms with E-state index in [2.05, 4.69) is 94.2 Å². The molecule has 2 atom stereocenters. The first-order valence-corrected chi connectivity index (χ1v) is 9.72. The summed E-state index contributed by atoms with van der Waals surface area (Å²) in [5.41, 5.74) is 7.68. The lowest BCUT2D eigenvalue weighted by Gasteiger charge is -2.34. The summed E-state index contributed by atoms with van der Waals surface area (Å²) < 4.78 is 2.45. The van der Waals surface area contributed by atoms with Crippen LogP contribution in [0.1, 0.15) is 23.1 Å². The smallest absolute Gasteiger partial charge is 0.0598 e. The summed E-state index contributed by atoms with van der Waals surface area (Å²) in [6.07, 6.45) is 4.28. The third kappa shape index (κ3) is 1.65. The molecule has 1 N–H and O–H groups in total. The summed E-state index contributed by atoms with van der Waals surface area (Å²) >= 11 is 0. The lowest BCUT2D eigenvalue weighted by molar-refractivity contribution is 0.627. The summed E-state index contributed by atoms with van der Waals surface area (Å²) in [6, 6.07) is 23.9. The van der Waals surface area contributed by atoms with Gasteiger partial charge in [-0.1, -0.05) is 54.3 Å². The number of fused-ring (bicyclic) bond motifs is 9. The number of aromatic nitrogens is 2. The Balaban J connectivity index is 1.66. The average molecular weight is 356 g/mol. The van der Waals surface area contributed by atoms with Crippen LogP contribution < -0.4 is 0 Å². The minimum Gasteiger partial charge on any atom is -0.354 e. The van der Waals surface area contributed by atoms with Crippen LogP contribution in [-0.4, -0.2) is 9.55 Å². The second-order valence-electron chi connectivity index (χ2n) is 7.71. The van der Waals surface area contributed by atoms with E-state index < -0.39 is 0 Å². The van der Waals surface area contributed by atoms with Crippen LogP contribution in [0.4, 0.5) is 0 Å². The van der Waals surface area contributed by atoms with Crippen molar-refractivity contribution >= 4 is 32.7 Å². The topological polar surface area (TPSA) is 20.7 Å². The van der Waals surface area contributed by atoms with Crippen molar-refractivity contribution in [3.05, 3.63) is 90.1 Å². The predicted octanol–water partition coefficient (Wildman–Crippen LogP) is 6.02. The second-order valence-corrected chi connectivity index (χ2v) is 7.71. The Morgan fingerprint density at radius 2 is 1.68 bits per heavy atom. The molecule has 0 spiro atoms. The van der Waals surface area contributed by atoms with Crippen molar-refractivity contribution in [1.29, 1.82) is 0 Å². The van der Waals surface area contributed by atoms with Gasteiger partial charge in [-0.3, -0.25) is 0 Å². The first kappa shape index (κ1) is 14.4. The molecular formula is C26H16N2. The average Bonchev–Trinajstić information content (AvgIpc) is 3.23. The minimum absolute atomic E-state index is 0.314. The molecular weight excluding hydrogens is 340 g/mol. The van der Waals surface area contributed by atoms with Gasteiger partial charge in [-0.25, -0.2) is 0 Å². The maximum atomic E-state index is 3.60. The van der Waals surface area contributed by atoms with Crippen LogP contribution in [0.15, 0.2) is 78.9 Å². The van der Waals surface area contributed by atoms with Crippen molar-refractivity contribution < 1.29 is 0 Å². The molecule has 0 saturated heterocycles. The third-order valence-corrected chi connectivity index (χ3v) is 6.30. The number of nitrogens with one attached hydrogen (secondary N) is 1. The maximum Gasteiger partial charge on any atom is 0.0598 e. The van der Waals surface area contributed by atoms with Gasteiger partial charge in [0.2, 0.25) is 0 Å². The maximum absolute atomic E-state index is 3.60. The first-order chi connectivity index (χ1) is 13.9. The molecule has 2 heterocycles. The molecule has 0 radical (unpaired) electrons. The van der Waals surface area contributed by atoms with Crippen LogP contribution in [0, 0.1) is 11.8 Å². The summed E-state index contributed by atoms with van der Waals surface area (Å²) in [5.74, 6) is 7.33. The normalized spacial score (nSPS) is 19.3. The molecule has 2 nitrogen and oxygen atoms in total. The Labute approximate surface area is 162 Å². The van der Waals surface area contributed by atoms with Gasteiger partial charge in [-0.15, -0.1) is 0 Å². The summed E-state index contributed by atoms with van der Waals surface area (Å²) in [6.45, 7) is 0. The fourth-order valence-electron chi connectivity index (χ4n) is 5.08. The molecule has 5 aromatic rings. The van der Waals surface area contributed by atoms with Gasteiger partial charge < -0.3 is 9.55 Å². The number of benzene rings is 3. The van der Waals surface area contributed by atoms with Gasteiger partial charge >= 0.3 is 0 Å². The Kier molecular flexibility index (Phi) is 2.55. The van der Waals surface area contributed by atoms with Gasteiger partial charge in [0.25, 0.3) is 0 Å². The molecule has 1 unspecified atom stereocenters. The van der Waals surface area contributed by atoms with E-state index in [0.717, 1.165) is 0 Å². The number of hydrogen-bond donors (Lipinski definition) is 1. The summed E-state index contributed by atoms with van der Waals surface area (Å²) in [7, 11) is 0. The van der Waals surface area contributed by atoms with Crippen molar-refractivity contribution in [3.8, 4) is 17.5 Å². The van der Waals surface area contributed by atoms with Crippen LogP contribution in [0.5, 0.6) is 0 Å². The van der Waals surface area contributed by atoms with Gasteiger partial charge in [0.05, 0.1) is 11.4 Å². The number of rotatable bonds is 1. The molecule has 0 bridgehead atoms. The summed E-state index contributed by atoms with van der Waals surface area (Å²) in [4.78, 5) is 3.60. The molecule has 0 amide bonds. The van der Waals surface area contributed by atoms with Crippen molar-refractivity contribution in [3.63, 3.8) is 0 Å². The Hall–Kier alpha value is -3.70. The third-order valence-electron chi connectivity index (χ3n) is 6.30. The minimum atomic E-state index is 0.314. The number of aromatic amines is 1. The van der Waals surface area contributed by atoms with Gasteiger partial charge in [-0.05, 0) is 42.0 Å². The fraction of sp³-hybridized carbons (Fsp3) is 0.0769. The molecule has 2 heteroatoms. The van der Waals surface area contributed by atoms with E-state index >= 15 is 0 Å². The zero-order chi connectivity index (χ0) is 18.2. The standard InChI is InChI=1S/C26H16N2/c1-2-8-16(9-3-1)28-24-15-20-17-10-6-7-13-22(17)27-23(20)14-21(24)25-18-11-4-5-12-19(18)26(25)28/h1-3,5-10,12-15,18-19,27H/t18-,19?/m1/s1. The number of allylic oxidation sites excluding steroid dienone is 2. The van der Waals surface area contributed by atoms with Crippen molar-refractivity contribution in [1.82, 2.24) is 9.55 Å². The van der Waals surface area contributed by atoms with Gasteiger partial charge in [0.1, 0.15) is 0 Å². The van der Waals surface area contributed by atoms with Crippen LogP contribution in [-0.2, 0) is 0 Å². The van der Waals surface area contributed by atoms with Gasteiger partial charge in [0, 0.05) is 44.5 Å². The van der Waals surface area contributed by atoms with Gasteiger partial charge in [0.15, 0.2) is 0 Å². The molecule has 0 fully saturated rings. The highest BCUT2D eigenvalue weighted by atomic mass is 15.0. The highest BCUT2D eigenvalue weighted by molar-refractivity contribution is 6.12. The molecule has 2 aliphatic rings. The number of hydrogen-bond acceptors (Lipinski definition) is 0. The van der Waals surface area contributed by atoms with Crippen molar-refractivity contribution in [2.24, 2.45) is 0 Å².